The largest absolute Gasteiger partial charge is 0.479 e. The van der Waals surface area contributed by atoms with Gasteiger partial charge in [0.25, 0.3) is 11.7 Å². The van der Waals surface area contributed by atoms with Crippen LogP contribution in [0.2, 0.25) is 0 Å². The Bertz CT molecular complexity index is 870. The molecule has 1 aliphatic heterocycles. The molecule has 0 aliphatic carbocycles. The molecule has 1 aromatic heterocycles. The van der Waals surface area contributed by atoms with E-state index < -0.39 is 34.8 Å². The van der Waals surface area contributed by atoms with Gasteiger partial charge < -0.3 is 20.0 Å². The SMILES string of the molecule is CCC1Oc2ccc([N+](=O)[O-])nc2N(C(C(=O)O)c2ccccc2)C1=O. The fraction of sp³-hybridized carbons (Fsp3) is 0.235. The van der Waals surface area contributed by atoms with Crippen molar-refractivity contribution in [3.8, 4) is 5.75 Å². The van der Waals surface area contributed by atoms with Crippen molar-refractivity contribution in [3.63, 3.8) is 0 Å². The first-order valence-electron chi connectivity index (χ1n) is 7.87. The lowest BCUT2D eigenvalue weighted by molar-refractivity contribution is -0.389. The number of carbonyl (C=O) groups is 2. The molecule has 1 aliphatic rings. The van der Waals surface area contributed by atoms with Gasteiger partial charge in [0, 0.05) is 6.07 Å². The summed E-state index contributed by atoms with van der Waals surface area (Å²) < 4.78 is 5.55. The van der Waals surface area contributed by atoms with Crippen LogP contribution in [0.15, 0.2) is 42.5 Å². The zero-order chi connectivity index (χ0) is 18.8. The molecule has 0 bridgehead atoms. The number of ether oxygens (including phenoxy) is 1. The number of hydrogen-bond donors (Lipinski definition) is 1. The number of aliphatic carboxylic acids is 1. The number of hydrogen-bond acceptors (Lipinski definition) is 6. The Labute approximate surface area is 148 Å². The van der Waals surface area contributed by atoms with Gasteiger partial charge in [-0.3, -0.25) is 9.69 Å². The summed E-state index contributed by atoms with van der Waals surface area (Å²) in [5.74, 6) is -2.43. The summed E-state index contributed by atoms with van der Waals surface area (Å²) >= 11 is 0. The van der Waals surface area contributed by atoms with Crippen molar-refractivity contribution < 1.29 is 24.4 Å². The normalized spacial score (nSPS) is 17.2. The quantitative estimate of drug-likeness (QED) is 0.643. The van der Waals surface area contributed by atoms with Crippen LogP contribution in [0.4, 0.5) is 11.6 Å². The molecule has 0 spiro atoms. The lowest BCUT2D eigenvalue weighted by atomic mass is 10.0. The number of benzene rings is 1. The Morgan fingerprint density at radius 1 is 1.35 bits per heavy atom. The molecule has 2 heterocycles. The summed E-state index contributed by atoms with van der Waals surface area (Å²) in [7, 11) is 0. The topological polar surface area (TPSA) is 123 Å². The summed E-state index contributed by atoms with van der Waals surface area (Å²) in [6.07, 6.45) is -0.580. The summed E-state index contributed by atoms with van der Waals surface area (Å²) in [5, 5.41) is 20.8. The van der Waals surface area contributed by atoms with Gasteiger partial charge in [-0.25, -0.2) is 4.79 Å². The minimum atomic E-state index is -1.38. The Morgan fingerprint density at radius 3 is 2.62 bits per heavy atom. The van der Waals surface area contributed by atoms with Crippen LogP contribution < -0.4 is 9.64 Å². The number of aromatic nitrogens is 1. The van der Waals surface area contributed by atoms with Crippen LogP contribution in [0.5, 0.6) is 5.75 Å². The number of rotatable bonds is 5. The first kappa shape index (κ1) is 17.3. The van der Waals surface area contributed by atoms with Crippen molar-refractivity contribution in [1.82, 2.24) is 4.98 Å². The molecule has 0 saturated heterocycles. The van der Waals surface area contributed by atoms with Crippen LogP contribution >= 0.6 is 0 Å². The molecule has 2 aromatic rings. The highest BCUT2D eigenvalue weighted by Gasteiger charge is 2.45. The Morgan fingerprint density at radius 2 is 2.04 bits per heavy atom. The summed E-state index contributed by atoms with van der Waals surface area (Å²) in [5.41, 5.74) is 0.351. The molecule has 1 aromatic carbocycles. The second-order valence-corrected chi connectivity index (χ2v) is 5.62. The summed E-state index contributed by atoms with van der Waals surface area (Å²) in [6, 6.07) is 9.25. The predicted octanol–water partition coefficient (Wildman–Crippen LogP) is 2.32. The Kier molecular flexibility index (Phi) is 4.53. The molecule has 9 nitrogen and oxygen atoms in total. The van der Waals surface area contributed by atoms with E-state index in [0.717, 1.165) is 11.0 Å². The minimum absolute atomic E-state index is 0.129. The van der Waals surface area contributed by atoms with Gasteiger partial charge in [0.15, 0.2) is 17.9 Å². The first-order valence-corrected chi connectivity index (χ1v) is 7.87. The molecule has 26 heavy (non-hydrogen) atoms. The Hall–Kier alpha value is -3.49. The van der Waals surface area contributed by atoms with Crippen molar-refractivity contribution >= 4 is 23.5 Å². The molecular formula is C17H15N3O6. The van der Waals surface area contributed by atoms with Gasteiger partial charge >= 0.3 is 11.8 Å². The van der Waals surface area contributed by atoms with Gasteiger partial charge in [0.2, 0.25) is 0 Å². The van der Waals surface area contributed by atoms with E-state index in [1.54, 1.807) is 37.3 Å². The van der Waals surface area contributed by atoms with Crippen molar-refractivity contribution in [1.29, 1.82) is 0 Å². The third kappa shape index (κ3) is 2.94. The second-order valence-electron chi connectivity index (χ2n) is 5.62. The van der Waals surface area contributed by atoms with E-state index in [4.69, 9.17) is 4.74 Å². The van der Waals surface area contributed by atoms with Crippen LogP contribution in [0.1, 0.15) is 24.9 Å². The smallest absolute Gasteiger partial charge is 0.366 e. The number of carboxylic acid groups (broad SMARTS) is 1. The fourth-order valence-electron chi connectivity index (χ4n) is 2.80. The average Bonchev–Trinajstić information content (AvgIpc) is 2.63. The second kappa shape index (κ2) is 6.79. The van der Waals surface area contributed by atoms with E-state index in [9.17, 15) is 24.8 Å². The van der Waals surface area contributed by atoms with E-state index in [1.807, 2.05) is 0 Å². The minimum Gasteiger partial charge on any atom is -0.479 e. The van der Waals surface area contributed by atoms with Crippen molar-refractivity contribution in [2.75, 3.05) is 4.90 Å². The lowest BCUT2D eigenvalue weighted by Gasteiger charge is -2.34. The molecule has 9 heteroatoms. The number of anilines is 1. The average molecular weight is 357 g/mol. The van der Waals surface area contributed by atoms with E-state index in [2.05, 4.69) is 4.98 Å². The molecular weight excluding hydrogens is 342 g/mol. The van der Waals surface area contributed by atoms with Crippen LogP contribution in [-0.4, -0.2) is 33.0 Å². The zero-order valence-electron chi connectivity index (χ0n) is 13.7. The summed E-state index contributed by atoms with van der Waals surface area (Å²) in [4.78, 5) is 40.0. The van der Waals surface area contributed by atoms with Crippen LogP contribution in [0.3, 0.4) is 0 Å². The van der Waals surface area contributed by atoms with Gasteiger partial charge in [-0.2, -0.15) is 0 Å². The van der Waals surface area contributed by atoms with Crippen LogP contribution in [0.25, 0.3) is 0 Å². The zero-order valence-corrected chi connectivity index (χ0v) is 13.7. The van der Waals surface area contributed by atoms with Gasteiger partial charge in [0.05, 0.1) is 0 Å². The monoisotopic (exact) mass is 357 g/mol. The number of carbonyl (C=O) groups excluding carboxylic acids is 1. The Balaban J connectivity index is 2.20. The molecule has 1 N–H and O–H groups in total. The summed E-state index contributed by atoms with van der Waals surface area (Å²) in [6.45, 7) is 1.73. The number of amides is 1. The van der Waals surface area contributed by atoms with E-state index in [0.29, 0.717) is 12.0 Å². The number of fused-ring (bicyclic) bond motifs is 1. The van der Waals surface area contributed by atoms with Crippen molar-refractivity contribution in [3.05, 3.63) is 58.1 Å². The highest BCUT2D eigenvalue weighted by molar-refractivity contribution is 6.03. The maximum absolute atomic E-state index is 12.8. The molecule has 0 fully saturated rings. The van der Waals surface area contributed by atoms with Gasteiger partial charge in [-0.1, -0.05) is 37.3 Å². The first-order chi connectivity index (χ1) is 12.4. The van der Waals surface area contributed by atoms with Crippen molar-refractivity contribution in [2.24, 2.45) is 0 Å². The number of nitrogens with zero attached hydrogens (tertiary/aromatic N) is 3. The number of carboxylic acids is 1. The fourth-order valence-corrected chi connectivity index (χ4v) is 2.80. The van der Waals surface area contributed by atoms with E-state index in [-0.39, 0.29) is 11.6 Å². The predicted molar refractivity (Wildman–Crippen MR) is 89.9 cm³/mol. The number of nitro groups is 1. The molecule has 0 saturated carbocycles. The standard InChI is InChI=1S/C17H15N3O6/c1-2-11-16(21)19(14(17(22)23)10-6-4-3-5-7-10)15-12(26-11)8-9-13(18-15)20(24)25/h3-9,11,14H,2H2,1H3,(H,22,23). The maximum Gasteiger partial charge on any atom is 0.366 e. The van der Waals surface area contributed by atoms with Gasteiger partial charge in [0.1, 0.15) is 0 Å². The number of pyridine rings is 1. The highest BCUT2D eigenvalue weighted by Crippen LogP contribution is 2.39. The maximum atomic E-state index is 12.8. The van der Waals surface area contributed by atoms with Crippen LogP contribution in [-0.2, 0) is 9.59 Å². The van der Waals surface area contributed by atoms with Crippen molar-refractivity contribution in [2.45, 2.75) is 25.5 Å². The lowest BCUT2D eigenvalue weighted by Crippen LogP contribution is -2.49. The van der Waals surface area contributed by atoms with Gasteiger partial charge in [-0.05, 0) is 28.0 Å². The molecule has 1 amide bonds. The van der Waals surface area contributed by atoms with Gasteiger partial charge in [-0.15, -0.1) is 0 Å². The third-order valence-corrected chi connectivity index (χ3v) is 4.00. The van der Waals surface area contributed by atoms with E-state index >= 15 is 0 Å². The molecule has 0 radical (unpaired) electrons. The van der Waals surface area contributed by atoms with Crippen LogP contribution in [0, 0.1) is 10.1 Å². The molecule has 2 atom stereocenters. The molecule has 134 valence electrons. The molecule has 3 rings (SSSR count). The third-order valence-electron chi connectivity index (χ3n) is 4.00. The molecule has 2 unspecified atom stereocenters. The van der Waals surface area contributed by atoms with E-state index in [1.165, 1.54) is 6.07 Å². The highest BCUT2D eigenvalue weighted by atomic mass is 16.6.